The van der Waals surface area contributed by atoms with Crippen molar-refractivity contribution in [2.45, 2.75) is 12.8 Å². The summed E-state index contributed by atoms with van der Waals surface area (Å²) in [5.74, 6) is -0.126. The predicted molar refractivity (Wildman–Crippen MR) is 50.0 cm³/mol. The largest absolute Gasteiger partial charge is 0.481 e. The molecule has 1 N–H and O–H groups in total. The number of carboxylic acids is 1. The van der Waals surface area contributed by atoms with Crippen molar-refractivity contribution in [2.24, 2.45) is 0 Å². The highest BCUT2D eigenvalue weighted by atomic mass is 16.4. The van der Waals surface area contributed by atoms with E-state index in [-0.39, 0.29) is 6.42 Å². The minimum absolute atomic E-state index is 0.0905. The van der Waals surface area contributed by atoms with Crippen molar-refractivity contribution in [1.82, 2.24) is 4.98 Å². The summed E-state index contributed by atoms with van der Waals surface area (Å²) in [5.41, 5.74) is 0.750. The Morgan fingerprint density at radius 2 is 2.43 bits per heavy atom. The van der Waals surface area contributed by atoms with E-state index in [9.17, 15) is 4.79 Å². The Balaban J connectivity index is 2.22. The molecule has 0 atom stereocenters. The summed E-state index contributed by atoms with van der Waals surface area (Å²) >= 11 is 0. The molecule has 0 radical (unpaired) electrons. The van der Waals surface area contributed by atoms with Gasteiger partial charge < -0.3 is 9.52 Å². The molecule has 4 nitrogen and oxygen atoms in total. The highest BCUT2D eigenvalue weighted by molar-refractivity contribution is 5.76. The Morgan fingerprint density at radius 3 is 3.14 bits per heavy atom. The topological polar surface area (TPSA) is 63.3 Å². The third-order valence-electron chi connectivity index (χ3n) is 1.95. The monoisotopic (exact) mass is 191 g/mol. The molecule has 0 bridgehead atoms. The van der Waals surface area contributed by atoms with Gasteiger partial charge in [-0.2, -0.15) is 0 Å². The molecule has 0 aromatic carbocycles. The average Bonchev–Trinajstić information content (AvgIpc) is 2.57. The van der Waals surface area contributed by atoms with Crippen molar-refractivity contribution in [3.05, 3.63) is 30.3 Å². The number of nitrogens with zero attached hydrogens (tertiary/aromatic N) is 1. The van der Waals surface area contributed by atoms with Crippen LogP contribution in [0.2, 0.25) is 0 Å². The second kappa shape index (κ2) is 3.49. The molecule has 2 aromatic heterocycles. The molecule has 72 valence electrons. The van der Waals surface area contributed by atoms with Gasteiger partial charge >= 0.3 is 5.97 Å². The summed E-state index contributed by atoms with van der Waals surface area (Å²) in [6, 6.07) is 3.59. The first kappa shape index (κ1) is 8.74. The Hall–Kier alpha value is -1.84. The lowest BCUT2D eigenvalue weighted by Gasteiger charge is -1.90. The number of carboxylic acid groups (broad SMARTS) is 1. The quantitative estimate of drug-likeness (QED) is 0.804. The van der Waals surface area contributed by atoms with Crippen molar-refractivity contribution in [3.8, 4) is 0 Å². The zero-order valence-corrected chi connectivity index (χ0v) is 7.43. The van der Waals surface area contributed by atoms with E-state index in [1.807, 2.05) is 6.07 Å². The van der Waals surface area contributed by atoms with Crippen LogP contribution in [-0.4, -0.2) is 16.1 Å². The molecular weight excluding hydrogens is 182 g/mol. The number of pyridine rings is 1. The summed E-state index contributed by atoms with van der Waals surface area (Å²) in [7, 11) is 0. The van der Waals surface area contributed by atoms with Gasteiger partial charge in [-0.3, -0.25) is 9.78 Å². The van der Waals surface area contributed by atoms with E-state index in [0.717, 1.165) is 11.0 Å². The van der Waals surface area contributed by atoms with Crippen LogP contribution in [0.25, 0.3) is 11.0 Å². The first-order valence-electron chi connectivity index (χ1n) is 4.30. The van der Waals surface area contributed by atoms with E-state index in [4.69, 9.17) is 9.52 Å². The van der Waals surface area contributed by atoms with Crippen molar-refractivity contribution in [1.29, 1.82) is 0 Å². The molecule has 0 spiro atoms. The van der Waals surface area contributed by atoms with Gasteiger partial charge in [0, 0.05) is 24.2 Å². The summed E-state index contributed by atoms with van der Waals surface area (Å²) in [6.45, 7) is 0. The van der Waals surface area contributed by atoms with E-state index in [1.165, 1.54) is 0 Å². The number of aliphatic carboxylic acids is 1. The number of hydrogen-bond donors (Lipinski definition) is 1. The SMILES string of the molecule is O=C(O)CCc1cc2cnccc2o1. The lowest BCUT2D eigenvalue weighted by atomic mass is 10.2. The lowest BCUT2D eigenvalue weighted by Crippen LogP contribution is -1.95. The average molecular weight is 191 g/mol. The zero-order chi connectivity index (χ0) is 9.97. The second-order valence-electron chi connectivity index (χ2n) is 3.02. The van der Waals surface area contributed by atoms with Crippen LogP contribution in [0, 0.1) is 0 Å². The highest BCUT2D eigenvalue weighted by Crippen LogP contribution is 2.18. The molecule has 2 aromatic rings. The Bertz CT molecular complexity index is 428. The van der Waals surface area contributed by atoms with Gasteiger partial charge in [0.15, 0.2) is 0 Å². The van der Waals surface area contributed by atoms with Gasteiger partial charge in [-0.1, -0.05) is 0 Å². The van der Waals surface area contributed by atoms with E-state index in [2.05, 4.69) is 4.98 Å². The number of hydrogen-bond acceptors (Lipinski definition) is 3. The van der Waals surface area contributed by atoms with Gasteiger partial charge in [0.2, 0.25) is 0 Å². The van der Waals surface area contributed by atoms with Crippen LogP contribution in [0.3, 0.4) is 0 Å². The van der Waals surface area contributed by atoms with E-state index >= 15 is 0 Å². The fraction of sp³-hybridized carbons (Fsp3) is 0.200. The Labute approximate surface area is 80.2 Å². The van der Waals surface area contributed by atoms with Gasteiger partial charge in [-0.05, 0) is 12.1 Å². The highest BCUT2D eigenvalue weighted by Gasteiger charge is 2.05. The first-order chi connectivity index (χ1) is 6.75. The van der Waals surface area contributed by atoms with Crippen LogP contribution < -0.4 is 0 Å². The molecule has 4 heteroatoms. The lowest BCUT2D eigenvalue weighted by molar-refractivity contribution is -0.137. The van der Waals surface area contributed by atoms with Crippen molar-refractivity contribution in [2.75, 3.05) is 0 Å². The maximum atomic E-state index is 10.3. The molecular formula is C10H9NO3. The molecule has 0 aliphatic carbocycles. The van der Waals surface area contributed by atoms with Crippen molar-refractivity contribution in [3.63, 3.8) is 0 Å². The molecule has 0 aliphatic rings. The van der Waals surface area contributed by atoms with Crippen LogP contribution >= 0.6 is 0 Å². The summed E-state index contributed by atoms with van der Waals surface area (Å²) in [5, 5.41) is 9.41. The first-order valence-corrected chi connectivity index (χ1v) is 4.30. The fourth-order valence-electron chi connectivity index (χ4n) is 1.29. The molecule has 2 heterocycles. The standard InChI is InChI=1S/C10H9NO3/c12-10(13)2-1-8-5-7-6-11-4-3-9(7)14-8/h3-6H,1-2H2,(H,12,13). The smallest absolute Gasteiger partial charge is 0.303 e. The molecule has 2 rings (SSSR count). The number of rotatable bonds is 3. The van der Waals surface area contributed by atoms with Gasteiger partial charge in [0.1, 0.15) is 11.3 Å². The minimum atomic E-state index is -0.816. The third kappa shape index (κ3) is 1.74. The molecule has 0 saturated heterocycles. The Kier molecular flexibility index (Phi) is 2.18. The molecule has 0 fully saturated rings. The van der Waals surface area contributed by atoms with E-state index < -0.39 is 5.97 Å². The Morgan fingerprint density at radius 1 is 1.57 bits per heavy atom. The van der Waals surface area contributed by atoms with Crippen LogP contribution in [0.1, 0.15) is 12.2 Å². The van der Waals surface area contributed by atoms with E-state index in [1.54, 1.807) is 18.5 Å². The van der Waals surface area contributed by atoms with Crippen molar-refractivity contribution >= 4 is 16.9 Å². The van der Waals surface area contributed by atoms with Crippen LogP contribution in [0.15, 0.2) is 28.9 Å². The van der Waals surface area contributed by atoms with Gasteiger partial charge in [-0.15, -0.1) is 0 Å². The fourth-order valence-corrected chi connectivity index (χ4v) is 1.29. The number of carbonyl (C=O) groups is 1. The third-order valence-corrected chi connectivity index (χ3v) is 1.95. The number of furan rings is 1. The summed E-state index contributed by atoms with van der Waals surface area (Å²) in [4.78, 5) is 14.3. The van der Waals surface area contributed by atoms with Crippen molar-refractivity contribution < 1.29 is 14.3 Å². The number of fused-ring (bicyclic) bond motifs is 1. The maximum absolute atomic E-state index is 10.3. The molecule has 0 aliphatic heterocycles. The molecule has 14 heavy (non-hydrogen) atoms. The molecule has 0 unspecified atom stereocenters. The normalized spacial score (nSPS) is 10.6. The maximum Gasteiger partial charge on any atom is 0.303 e. The summed E-state index contributed by atoms with van der Waals surface area (Å²) in [6.07, 6.45) is 3.85. The molecule has 0 amide bonds. The minimum Gasteiger partial charge on any atom is -0.481 e. The zero-order valence-electron chi connectivity index (χ0n) is 7.43. The van der Waals surface area contributed by atoms with Crippen LogP contribution in [0.4, 0.5) is 0 Å². The number of aromatic nitrogens is 1. The second-order valence-corrected chi connectivity index (χ2v) is 3.02. The predicted octanol–water partition coefficient (Wildman–Crippen LogP) is 1.84. The van der Waals surface area contributed by atoms with Gasteiger partial charge in [-0.25, -0.2) is 0 Å². The van der Waals surface area contributed by atoms with Crippen LogP contribution in [-0.2, 0) is 11.2 Å². The van der Waals surface area contributed by atoms with Crippen LogP contribution in [0.5, 0.6) is 0 Å². The molecule has 0 saturated carbocycles. The van der Waals surface area contributed by atoms with E-state index in [0.29, 0.717) is 12.2 Å². The van der Waals surface area contributed by atoms with Gasteiger partial charge in [0.05, 0.1) is 6.42 Å². The summed E-state index contributed by atoms with van der Waals surface area (Å²) < 4.78 is 5.42. The van der Waals surface area contributed by atoms with Gasteiger partial charge in [0.25, 0.3) is 0 Å². The number of aryl methyl sites for hydroxylation is 1.